The maximum Gasteiger partial charge on any atom is 0.232 e. The molecule has 1 aliphatic heterocycles. The number of nitrogens with one attached hydrogen (secondary N) is 2. The predicted molar refractivity (Wildman–Crippen MR) is 60.4 cm³/mol. The van der Waals surface area contributed by atoms with E-state index in [-0.39, 0.29) is 16.6 Å². The highest BCUT2D eigenvalue weighted by atomic mass is 35.5. The van der Waals surface area contributed by atoms with E-state index in [9.17, 15) is 4.79 Å². The molecule has 16 heavy (non-hydrogen) atoms. The molecule has 0 radical (unpaired) electrons. The van der Waals surface area contributed by atoms with E-state index in [1.54, 1.807) is 0 Å². The van der Waals surface area contributed by atoms with E-state index in [0.29, 0.717) is 18.1 Å². The zero-order valence-corrected chi connectivity index (χ0v) is 9.34. The standard InChI is InChI=1S/C10H11ClN4O/c11-9-12-4-6-7(15-9)13-5-10(2-1-3-10)8(16)14-6/h4H,1-3,5H2,(H,14,16)(H,12,13,15). The Hall–Kier alpha value is -1.36. The normalized spacial score (nSPS) is 21.4. The van der Waals surface area contributed by atoms with Crippen LogP contribution >= 0.6 is 11.6 Å². The van der Waals surface area contributed by atoms with Crippen LogP contribution in [0.5, 0.6) is 0 Å². The quantitative estimate of drug-likeness (QED) is 0.675. The van der Waals surface area contributed by atoms with Gasteiger partial charge in [0.25, 0.3) is 0 Å². The molecule has 1 amide bonds. The minimum Gasteiger partial charge on any atom is -0.367 e. The number of carbonyl (C=O) groups excluding carboxylic acids is 1. The third-order valence-electron chi connectivity index (χ3n) is 3.39. The van der Waals surface area contributed by atoms with E-state index in [1.165, 1.54) is 6.20 Å². The van der Waals surface area contributed by atoms with Gasteiger partial charge in [0.05, 0.1) is 11.6 Å². The van der Waals surface area contributed by atoms with Crippen LogP contribution in [-0.4, -0.2) is 22.4 Å². The number of hydrogen-bond acceptors (Lipinski definition) is 4. The topological polar surface area (TPSA) is 66.9 Å². The molecule has 0 unspecified atom stereocenters. The number of anilines is 2. The summed E-state index contributed by atoms with van der Waals surface area (Å²) in [7, 11) is 0. The highest BCUT2D eigenvalue weighted by molar-refractivity contribution is 6.28. The number of fused-ring (bicyclic) bond motifs is 1. The third kappa shape index (κ3) is 1.35. The molecule has 0 bridgehead atoms. The molecule has 1 spiro atoms. The molecule has 2 heterocycles. The van der Waals surface area contributed by atoms with Crippen molar-refractivity contribution in [1.29, 1.82) is 0 Å². The Morgan fingerprint density at radius 2 is 2.25 bits per heavy atom. The lowest BCUT2D eigenvalue weighted by atomic mass is 9.68. The Morgan fingerprint density at radius 1 is 1.44 bits per heavy atom. The molecule has 84 valence electrons. The summed E-state index contributed by atoms with van der Waals surface area (Å²) in [5.41, 5.74) is 0.353. The van der Waals surface area contributed by atoms with Crippen LogP contribution in [0.1, 0.15) is 19.3 Å². The van der Waals surface area contributed by atoms with Gasteiger partial charge in [0, 0.05) is 6.54 Å². The van der Waals surface area contributed by atoms with E-state index in [1.807, 2.05) is 0 Å². The van der Waals surface area contributed by atoms with Crippen LogP contribution in [0, 0.1) is 5.41 Å². The van der Waals surface area contributed by atoms with Gasteiger partial charge in [-0.05, 0) is 24.4 Å². The van der Waals surface area contributed by atoms with E-state index in [2.05, 4.69) is 20.6 Å². The van der Waals surface area contributed by atoms with Gasteiger partial charge in [-0.1, -0.05) is 6.42 Å². The van der Waals surface area contributed by atoms with Crippen molar-refractivity contribution in [2.75, 3.05) is 17.2 Å². The van der Waals surface area contributed by atoms with Crippen molar-refractivity contribution in [3.05, 3.63) is 11.5 Å². The highest BCUT2D eigenvalue weighted by Crippen LogP contribution is 2.44. The van der Waals surface area contributed by atoms with Crippen LogP contribution in [0.4, 0.5) is 11.5 Å². The van der Waals surface area contributed by atoms with E-state index in [0.717, 1.165) is 19.3 Å². The van der Waals surface area contributed by atoms with Gasteiger partial charge in [-0.2, -0.15) is 4.98 Å². The molecule has 1 aromatic heterocycles. The molecule has 5 nitrogen and oxygen atoms in total. The minimum atomic E-state index is -0.257. The van der Waals surface area contributed by atoms with Crippen LogP contribution in [-0.2, 0) is 4.79 Å². The fourth-order valence-electron chi connectivity index (χ4n) is 2.18. The average Bonchev–Trinajstić information content (AvgIpc) is 2.33. The van der Waals surface area contributed by atoms with E-state index in [4.69, 9.17) is 11.6 Å². The van der Waals surface area contributed by atoms with Gasteiger partial charge >= 0.3 is 0 Å². The van der Waals surface area contributed by atoms with Crippen molar-refractivity contribution in [2.24, 2.45) is 5.41 Å². The smallest absolute Gasteiger partial charge is 0.232 e. The minimum absolute atomic E-state index is 0.0657. The van der Waals surface area contributed by atoms with Crippen molar-refractivity contribution in [1.82, 2.24) is 9.97 Å². The molecule has 0 atom stereocenters. The molecule has 3 rings (SSSR count). The molecule has 1 fully saturated rings. The Bertz CT molecular complexity index is 458. The van der Waals surface area contributed by atoms with Gasteiger partial charge < -0.3 is 10.6 Å². The number of hydrogen-bond donors (Lipinski definition) is 2. The predicted octanol–water partition coefficient (Wildman–Crippen LogP) is 1.66. The monoisotopic (exact) mass is 238 g/mol. The van der Waals surface area contributed by atoms with Crippen molar-refractivity contribution in [3.63, 3.8) is 0 Å². The van der Waals surface area contributed by atoms with Gasteiger partial charge in [-0.15, -0.1) is 0 Å². The van der Waals surface area contributed by atoms with Gasteiger partial charge in [-0.25, -0.2) is 4.98 Å². The first kappa shape index (κ1) is 9.84. The molecule has 1 aliphatic carbocycles. The summed E-state index contributed by atoms with van der Waals surface area (Å²) in [5.74, 6) is 0.674. The van der Waals surface area contributed by atoms with Crippen molar-refractivity contribution < 1.29 is 4.79 Å². The highest BCUT2D eigenvalue weighted by Gasteiger charge is 2.45. The Kier molecular flexibility index (Phi) is 2.04. The second kappa shape index (κ2) is 3.31. The molecule has 1 saturated carbocycles. The molecule has 2 aliphatic rings. The molecular formula is C10H11ClN4O. The summed E-state index contributed by atoms with van der Waals surface area (Å²) in [4.78, 5) is 19.9. The first-order valence-electron chi connectivity index (χ1n) is 5.28. The first-order valence-corrected chi connectivity index (χ1v) is 5.65. The number of rotatable bonds is 0. The first-order chi connectivity index (χ1) is 7.70. The summed E-state index contributed by atoms with van der Waals surface area (Å²) in [6, 6.07) is 0. The maximum absolute atomic E-state index is 12.0. The lowest BCUT2D eigenvalue weighted by Crippen LogP contribution is -2.45. The van der Waals surface area contributed by atoms with Crippen LogP contribution in [0.25, 0.3) is 0 Å². The zero-order valence-electron chi connectivity index (χ0n) is 8.59. The summed E-state index contributed by atoms with van der Waals surface area (Å²) < 4.78 is 0. The second-order valence-corrected chi connectivity index (χ2v) is 4.68. The molecule has 6 heteroatoms. The lowest BCUT2D eigenvalue weighted by Gasteiger charge is -2.38. The van der Waals surface area contributed by atoms with Gasteiger partial charge in [0.15, 0.2) is 5.82 Å². The summed E-state index contributed by atoms with van der Waals surface area (Å²) in [6.45, 7) is 0.624. The largest absolute Gasteiger partial charge is 0.367 e. The van der Waals surface area contributed by atoms with Crippen molar-refractivity contribution >= 4 is 29.0 Å². The molecule has 2 N–H and O–H groups in total. The molecule has 0 aromatic carbocycles. The third-order valence-corrected chi connectivity index (χ3v) is 3.58. The SMILES string of the molecule is O=C1Nc2cnc(Cl)nc2NCC12CCC2. The van der Waals surface area contributed by atoms with Crippen LogP contribution in [0.2, 0.25) is 5.28 Å². The van der Waals surface area contributed by atoms with Crippen LogP contribution in [0.15, 0.2) is 6.20 Å². The molecular weight excluding hydrogens is 228 g/mol. The Labute approximate surface area is 97.6 Å². The fourth-order valence-corrected chi connectivity index (χ4v) is 2.32. The van der Waals surface area contributed by atoms with E-state index >= 15 is 0 Å². The number of nitrogens with zero attached hydrogens (tertiary/aromatic N) is 2. The van der Waals surface area contributed by atoms with Crippen LogP contribution in [0.3, 0.4) is 0 Å². The van der Waals surface area contributed by atoms with Gasteiger partial charge in [0.2, 0.25) is 11.2 Å². The van der Waals surface area contributed by atoms with Crippen molar-refractivity contribution in [2.45, 2.75) is 19.3 Å². The number of aromatic nitrogens is 2. The average molecular weight is 239 g/mol. The van der Waals surface area contributed by atoms with Gasteiger partial charge in [0.1, 0.15) is 5.69 Å². The van der Waals surface area contributed by atoms with E-state index < -0.39 is 0 Å². The van der Waals surface area contributed by atoms with Gasteiger partial charge in [-0.3, -0.25) is 4.79 Å². The number of carbonyl (C=O) groups is 1. The number of amides is 1. The summed E-state index contributed by atoms with van der Waals surface area (Å²) in [6.07, 6.45) is 4.51. The Balaban J connectivity index is 1.96. The number of halogens is 1. The van der Waals surface area contributed by atoms with Crippen molar-refractivity contribution in [3.8, 4) is 0 Å². The second-order valence-electron chi connectivity index (χ2n) is 4.34. The molecule has 1 aromatic rings. The fraction of sp³-hybridized carbons (Fsp3) is 0.500. The Morgan fingerprint density at radius 3 is 2.94 bits per heavy atom. The maximum atomic E-state index is 12.0. The lowest BCUT2D eigenvalue weighted by molar-refractivity contribution is -0.129. The summed E-state index contributed by atoms with van der Waals surface area (Å²) in [5, 5.41) is 6.21. The molecule has 0 saturated heterocycles. The van der Waals surface area contributed by atoms with Crippen LogP contribution < -0.4 is 10.6 Å². The zero-order chi connectivity index (χ0) is 11.2. The summed E-state index contributed by atoms with van der Waals surface area (Å²) >= 11 is 5.71.